The number of nitrogens with zero attached hydrogens (tertiary/aromatic N) is 3. The van der Waals surface area contributed by atoms with Crippen LogP contribution in [-0.4, -0.2) is 67.1 Å². The molecule has 0 aromatic heterocycles. The highest BCUT2D eigenvalue weighted by Crippen LogP contribution is 2.46. The molecule has 3 aliphatic rings. The summed E-state index contributed by atoms with van der Waals surface area (Å²) >= 11 is 0. The summed E-state index contributed by atoms with van der Waals surface area (Å²) in [6.45, 7) is 5.39. The largest absolute Gasteiger partial charge is 0.368 e. The number of nitrogens with two attached hydrogens (primary N) is 1. The van der Waals surface area contributed by atoms with Crippen molar-refractivity contribution in [2.45, 2.75) is 51.2 Å². The number of amides is 1. The topological polar surface area (TPSA) is 62.0 Å². The number of benzene rings is 1. The van der Waals surface area contributed by atoms with E-state index in [0.29, 0.717) is 13.2 Å². The normalized spacial score (nSPS) is 23.3. The summed E-state index contributed by atoms with van der Waals surface area (Å²) in [6.07, 6.45) is 11.0. The van der Waals surface area contributed by atoms with Crippen molar-refractivity contribution in [1.29, 1.82) is 0 Å². The lowest BCUT2D eigenvalue weighted by Crippen LogP contribution is -2.44. The van der Waals surface area contributed by atoms with Gasteiger partial charge in [0.1, 0.15) is 6.04 Å². The Hall–Kier alpha value is -1.73. The molecule has 1 amide bonds. The summed E-state index contributed by atoms with van der Waals surface area (Å²) in [5, 5.41) is 1.77. The van der Waals surface area contributed by atoms with Gasteiger partial charge in [-0.15, -0.1) is 0 Å². The van der Waals surface area contributed by atoms with Gasteiger partial charge in [-0.2, -0.15) is 5.06 Å². The Kier molecular flexibility index (Phi) is 7.12. The number of hydrogen-bond acceptors (Lipinski definition) is 5. The Morgan fingerprint density at radius 2 is 1.90 bits per heavy atom. The third-order valence-corrected chi connectivity index (χ3v) is 6.98. The van der Waals surface area contributed by atoms with Crippen LogP contribution in [0.5, 0.6) is 0 Å². The third kappa shape index (κ3) is 5.75. The number of primary amides is 1. The van der Waals surface area contributed by atoms with Crippen molar-refractivity contribution in [3.63, 3.8) is 0 Å². The van der Waals surface area contributed by atoms with E-state index < -0.39 is 6.04 Å². The summed E-state index contributed by atoms with van der Waals surface area (Å²) in [5.41, 5.74) is 7.90. The minimum Gasteiger partial charge on any atom is -0.368 e. The van der Waals surface area contributed by atoms with Gasteiger partial charge in [-0.05, 0) is 44.0 Å². The van der Waals surface area contributed by atoms with Crippen LogP contribution in [0.4, 0.5) is 0 Å². The third-order valence-electron chi connectivity index (χ3n) is 6.98. The van der Waals surface area contributed by atoms with E-state index in [1.807, 2.05) is 12.2 Å². The summed E-state index contributed by atoms with van der Waals surface area (Å²) in [4.78, 5) is 22.8. The number of carbonyl (C=O) groups is 1. The van der Waals surface area contributed by atoms with Gasteiger partial charge in [0, 0.05) is 26.2 Å². The average molecular weight is 427 g/mol. The Bertz CT molecular complexity index is 781. The molecule has 2 N–H and O–H groups in total. The van der Waals surface area contributed by atoms with Crippen molar-refractivity contribution in [2.24, 2.45) is 17.1 Å². The van der Waals surface area contributed by atoms with Gasteiger partial charge in [0.15, 0.2) is 0 Å². The van der Waals surface area contributed by atoms with E-state index in [9.17, 15) is 4.79 Å². The number of rotatable bonds is 10. The van der Waals surface area contributed by atoms with Gasteiger partial charge >= 0.3 is 0 Å². The standard InChI is InChI=1S/C25H38N4O2/c1-27(2)13-14-28(16-20-7-4-3-5-8-20)17-21-9-6-10-22(15-21)18-29-23(24(26)30)25(11-12-25)19-31-29/h6,9-12,15,20,23H,3-5,7-8,13-14,16-19H2,1-2H3,(H2,26,30)/t23-/m1/s1. The Labute approximate surface area is 187 Å². The highest BCUT2D eigenvalue weighted by atomic mass is 16.7. The molecule has 1 aromatic carbocycles. The first-order valence-corrected chi connectivity index (χ1v) is 11.8. The zero-order chi connectivity index (χ0) is 21.8. The lowest BCUT2D eigenvalue weighted by Gasteiger charge is -2.31. The molecule has 0 radical (unpaired) electrons. The van der Waals surface area contributed by atoms with Crippen molar-refractivity contribution >= 4 is 5.91 Å². The lowest BCUT2D eigenvalue weighted by molar-refractivity contribution is -0.155. The molecule has 1 heterocycles. The smallest absolute Gasteiger partial charge is 0.238 e. The fourth-order valence-corrected chi connectivity index (χ4v) is 5.12. The highest BCUT2D eigenvalue weighted by molar-refractivity contribution is 5.83. The number of likely N-dealkylation sites (N-methyl/N-ethyl adjacent to an activating group) is 1. The van der Waals surface area contributed by atoms with E-state index in [4.69, 9.17) is 10.6 Å². The predicted octanol–water partition coefficient (Wildman–Crippen LogP) is 2.79. The summed E-state index contributed by atoms with van der Waals surface area (Å²) < 4.78 is 0. The van der Waals surface area contributed by atoms with E-state index in [1.165, 1.54) is 44.2 Å². The van der Waals surface area contributed by atoms with Gasteiger partial charge in [-0.25, -0.2) is 0 Å². The number of hydrogen-bond donors (Lipinski definition) is 1. The average Bonchev–Trinajstić information content (AvgIpc) is 3.42. The van der Waals surface area contributed by atoms with Crippen molar-refractivity contribution in [3.05, 3.63) is 47.5 Å². The molecular weight excluding hydrogens is 388 g/mol. The number of carbonyl (C=O) groups excluding carboxylic acids is 1. The second-order valence-corrected chi connectivity index (χ2v) is 9.96. The molecule has 1 spiro atoms. The molecule has 4 rings (SSSR count). The molecule has 6 heteroatoms. The van der Waals surface area contributed by atoms with Crippen molar-refractivity contribution < 1.29 is 9.63 Å². The molecule has 0 unspecified atom stereocenters. The zero-order valence-electron chi connectivity index (χ0n) is 19.1. The molecule has 1 aliphatic heterocycles. The van der Waals surface area contributed by atoms with Crippen LogP contribution in [0.1, 0.15) is 43.2 Å². The SMILES string of the molecule is CN(C)CCN(Cc1cccc(CN2OCC3(C=C3)[C@H]2C(N)=O)c1)CC1CCCCC1. The van der Waals surface area contributed by atoms with E-state index in [2.05, 4.69) is 48.2 Å². The second kappa shape index (κ2) is 9.82. The monoisotopic (exact) mass is 426 g/mol. The first kappa shape index (κ1) is 22.5. The Balaban J connectivity index is 1.40. The highest BCUT2D eigenvalue weighted by Gasteiger charge is 2.54. The Morgan fingerprint density at radius 1 is 1.16 bits per heavy atom. The molecule has 0 bridgehead atoms. The molecular formula is C25H38N4O2. The van der Waals surface area contributed by atoms with Crippen molar-refractivity contribution in [3.8, 4) is 0 Å². The van der Waals surface area contributed by atoms with Gasteiger partial charge in [0.2, 0.25) is 5.91 Å². The first-order valence-electron chi connectivity index (χ1n) is 11.8. The molecule has 170 valence electrons. The first-order chi connectivity index (χ1) is 14.9. The van der Waals surface area contributed by atoms with Gasteiger partial charge in [-0.1, -0.05) is 55.7 Å². The molecule has 6 nitrogen and oxygen atoms in total. The number of hydroxylamine groups is 2. The van der Waals surface area contributed by atoms with E-state index in [0.717, 1.165) is 31.1 Å². The maximum Gasteiger partial charge on any atom is 0.238 e. The lowest BCUT2D eigenvalue weighted by atomic mass is 9.89. The van der Waals surface area contributed by atoms with Crippen LogP contribution in [0.2, 0.25) is 0 Å². The van der Waals surface area contributed by atoms with Crippen LogP contribution < -0.4 is 5.73 Å². The van der Waals surface area contributed by atoms with E-state index >= 15 is 0 Å². The van der Waals surface area contributed by atoms with Crippen LogP contribution in [-0.2, 0) is 22.7 Å². The van der Waals surface area contributed by atoms with Gasteiger partial charge in [0.25, 0.3) is 0 Å². The molecule has 2 fully saturated rings. The maximum absolute atomic E-state index is 12.0. The molecule has 1 saturated carbocycles. The summed E-state index contributed by atoms with van der Waals surface area (Å²) in [6, 6.07) is 8.31. The second-order valence-electron chi connectivity index (χ2n) is 9.96. The maximum atomic E-state index is 12.0. The van der Waals surface area contributed by atoms with E-state index in [-0.39, 0.29) is 11.3 Å². The predicted molar refractivity (Wildman–Crippen MR) is 123 cm³/mol. The van der Waals surface area contributed by atoms with Crippen LogP contribution in [0.25, 0.3) is 0 Å². The van der Waals surface area contributed by atoms with Crippen LogP contribution in [0.15, 0.2) is 36.4 Å². The molecule has 1 atom stereocenters. The van der Waals surface area contributed by atoms with Gasteiger partial charge in [0.05, 0.1) is 18.6 Å². The quantitative estimate of drug-likeness (QED) is 0.583. The van der Waals surface area contributed by atoms with E-state index in [1.54, 1.807) is 5.06 Å². The van der Waals surface area contributed by atoms with Crippen molar-refractivity contribution in [1.82, 2.24) is 14.9 Å². The van der Waals surface area contributed by atoms with Crippen molar-refractivity contribution in [2.75, 3.05) is 40.3 Å². The zero-order valence-corrected chi connectivity index (χ0v) is 19.1. The van der Waals surface area contributed by atoms with Gasteiger partial charge < -0.3 is 10.6 Å². The van der Waals surface area contributed by atoms with Crippen LogP contribution >= 0.6 is 0 Å². The van der Waals surface area contributed by atoms with Crippen LogP contribution in [0.3, 0.4) is 0 Å². The fraction of sp³-hybridized carbons (Fsp3) is 0.640. The molecule has 31 heavy (non-hydrogen) atoms. The Morgan fingerprint density at radius 3 is 2.58 bits per heavy atom. The minimum atomic E-state index is -0.404. The molecule has 2 aliphatic carbocycles. The van der Waals surface area contributed by atoms with Crippen LogP contribution in [0, 0.1) is 11.3 Å². The fourth-order valence-electron chi connectivity index (χ4n) is 5.12. The van der Waals surface area contributed by atoms with Gasteiger partial charge in [-0.3, -0.25) is 14.5 Å². The summed E-state index contributed by atoms with van der Waals surface area (Å²) in [7, 11) is 4.29. The summed E-state index contributed by atoms with van der Waals surface area (Å²) in [5.74, 6) is 0.511. The molecule has 1 saturated heterocycles. The molecule has 1 aromatic rings. The minimum absolute atomic E-state index is 0.271.